The first-order chi connectivity index (χ1) is 12.8. The predicted molar refractivity (Wildman–Crippen MR) is 105 cm³/mol. The fourth-order valence-electron chi connectivity index (χ4n) is 2.77. The van der Waals surface area contributed by atoms with Gasteiger partial charge >= 0.3 is 0 Å². The second kappa shape index (κ2) is 9.73. The highest BCUT2D eigenvalue weighted by Crippen LogP contribution is 2.17. The third-order valence-electron chi connectivity index (χ3n) is 4.34. The number of nitrogens with zero attached hydrogens (tertiary/aromatic N) is 2. The molecule has 27 heavy (non-hydrogen) atoms. The normalized spacial score (nSPS) is 15.6. The fourth-order valence-corrected chi connectivity index (χ4v) is 3.54. The van der Waals surface area contributed by atoms with E-state index in [1.807, 2.05) is 13.8 Å². The van der Waals surface area contributed by atoms with Crippen LogP contribution in [0.5, 0.6) is 0 Å². The van der Waals surface area contributed by atoms with Gasteiger partial charge in [0.1, 0.15) is 5.82 Å². The first-order valence-corrected chi connectivity index (χ1v) is 10.1. The van der Waals surface area contributed by atoms with E-state index in [4.69, 9.17) is 0 Å². The van der Waals surface area contributed by atoms with Gasteiger partial charge in [-0.2, -0.15) is 0 Å². The van der Waals surface area contributed by atoms with Crippen molar-refractivity contribution in [2.75, 3.05) is 37.2 Å². The monoisotopic (exact) mass is 395 g/mol. The number of piperazine rings is 1. The summed E-state index contributed by atoms with van der Waals surface area (Å²) in [5.41, 5.74) is 0.520. The van der Waals surface area contributed by atoms with Crippen molar-refractivity contribution in [3.05, 3.63) is 30.1 Å². The number of carbonyl (C=O) groups is 3. The van der Waals surface area contributed by atoms with Crippen LogP contribution >= 0.6 is 11.8 Å². The van der Waals surface area contributed by atoms with Gasteiger partial charge in [-0.3, -0.25) is 14.4 Å². The molecular formula is C19H26FN3O3S. The van der Waals surface area contributed by atoms with E-state index in [1.54, 1.807) is 16.7 Å². The van der Waals surface area contributed by atoms with Gasteiger partial charge in [-0.1, -0.05) is 13.8 Å². The van der Waals surface area contributed by atoms with E-state index in [2.05, 4.69) is 5.32 Å². The van der Waals surface area contributed by atoms with Gasteiger partial charge in [0, 0.05) is 37.8 Å². The van der Waals surface area contributed by atoms with Crippen LogP contribution in [0, 0.1) is 11.7 Å². The van der Waals surface area contributed by atoms with Crippen molar-refractivity contribution in [2.24, 2.45) is 5.92 Å². The van der Waals surface area contributed by atoms with Crippen LogP contribution in [-0.2, 0) is 14.4 Å². The molecule has 1 atom stereocenters. The number of rotatable bonds is 6. The van der Waals surface area contributed by atoms with Crippen molar-refractivity contribution < 1.29 is 18.8 Å². The van der Waals surface area contributed by atoms with Crippen molar-refractivity contribution in [3.63, 3.8) is 0 Å². The van der Waals surface area contributed by atoms with E-state index in [0.29, 0.717) is 31.9 Å². The molecule has 1 aliphatic rings. The standard InChI is InChI=1S/C19H26FN3O3S/c1-13(2)18(25)22-8-10-23(11-9-22)19(26)14(3)27-12-17(24)21-16-6-4-15(20)5-7-16/h4-7,13-14H,8-12H2,1-3H3,(H,21,24). The number of anilines is 1. The van der Waals surface area contributed by atoms with Crippen LogP contribution in [0.1, 0.15) is 20.8 Å². The summed E-state index contributed by atoms with van der Waals surface area (Å²) in [4.78, 5) is 40.1. The molecule has 1 heterocycles. The molecule has 2 rings (SSSR count). The van der Waals surface area contributed by atoms with Gasteiger partial charge in [0.05, 0.1) is 11.0 Å². The van der Waals surface area contributed by atoms with Crippen molar-refractivity contribution in [2.45, 2.75) is 26.0 Å². The third-order valence-corrected chi connectivity index (χ3v) is 5.47. The summed E-state index contributed by atoms with van der Waals surface area (Å²) < 4.78 is 12.9. The van der Waals surface area contributed by atoms with Crippen molar-refractivity contribution in [1.82, 2.24) is 9.80 Å². The van der Waals surface area contributed by atoms with Crippen molar-refractivity contribution in [3.8, 4) is 0 Å². The van der Waals surface area contributed by atoms with Gasteiger partial charge in [-0.15, -0.1) is 11.8 Å². The average Bonchev–Trinajstić information content (AvgIpc) is 2.66. The van der Waals surface area contributed by atoms with E-state index in [-0.39, 0.29) is 40.5 Å². The molecule has 1 aliphatic heterocycles. The minimum atomic E-state index is -0.364. The van der Waals surface area contributed by atoms with Crippen LogP contribution in [0.15, 0.2) is 24.3 Å². The molecule has 0 aliphatic carbocycles. The fraction of sp³-hybridized carbons (Fsp3) is 0.526. The van der Waals surface area contributed by atoms with Gasteiger partial charge in [-0.05, 0) is 31.2 Å². The van der Waals surface area contributed by atoms with Gasteiger partial charge in [0.25, 0.3) is 0 Å². The lowest BCUT2D eigenvalue weighted by Gasteiger charge is -2.36. The van der Waals surface area contributed by atoms with E-state index in [1.165, 1.54) is 36.0 Å². The van der Waals surface area contributed by atoms with Crippen LogP contribution in [0.3, 0.4) is 0 Å². The Morgan fingerprint density at radius 1 is 1.00 bits per heavy atom. The highest BCUT2D eigenvalue weighted by molar-refractivity contribution is 8.01. The van der Waals surface area contributed by atoms with Crippen LogP contribution < -0.4 is 5.32 Å². The zero-order valence-corrected chi connectivity index (χ0v) is 16.7. The lowest BCUT2D eigenvalue weighted by atomic mass is 10.1. The molecule has 0 aromatic heterocycles. The number of nitrogens with one attached hydrogen (secondary N) is 1. The maximum absolute atomic E-state index is 12.9. The van der Waals surface area contributed by atoms with Gasteiger partial charge in [0.15, 0.2) is 0 Å². The number of hydrogen-bond donors (Lipinski definition) is 1. The third kappa shape index (κ3) is 6.23. The summed E-state index contributed by atoms with van der Waals surface area (Å²) in [6.45, 7) is 7.65. The number of amides is 3. The van der Waals surface area contributed by atoms with Crippen molar-refractivity contribution in [1.29, 1.82) is 0 Å². The summed E-state index contributed by atoms with van der Waals surface area (Å²) in [7, 11) is 0. The smallest absolute Gasteiger partial charge is 0.235 e. The average molecular weight is 396 g/mol. The molecule has 1 N–H and O–H groups in total. The number of benzene rings is 1. The molecule has 1 aromatic carbocycles. The quantitative estimate of drug-likeness (QED) is 0.802. The molecule has 1 aromatic rings. The minimum absolute atomic E-state index is 0.0220. The Bertz CT molecular complexity index is 673. The Kier molecular flexibility index (Phi) is 7.65. The Morgan fingerprint density at radius 2 is 1.52 bits per heavy atom. The van der Waals surface area contributed by atoms with E-state index < -0.39 is 0 Å². The van der Waals surface area contributed by atoms with Gasteiger partial charge in [-0.25, -0.2) is 4.39 Å². The highest BCUT2D eigenvalue weighted by Gasteiger charge is 2.28. The van der Waals surface area contributed by atoms with Crippen molar-refractivity contribution >= 4 is 35.2 Å². The summed E-state index contributed by atoms with van der Waals surface area (Å²) >= 11 is 1.26. The first-order valence-electron chi connectivity index (χ1n) is 9.02. The second-order valence-electron chi connectivity index (χ2n) is 6.81. The molecule has 0 radical (unpaired) electrons. The molecule has 8 heteroatoms. The van der Waals surface area contributed by atoms with Crippen LogP contribution in [-0.4, -0.2) is 64.7 Å². The predicted octanol–water partition coefficient (Wildman–Crippen LogP) is 2.21. The Balaban J connectivity index is 1.74. The Labute approximate surface area is 163 Å². The summed E-state index contributed by atoms with van der Waals surface area (Å²) in [6.07, 6.45) is 0. The Morgan fingerprint density at radius 3 is 2.04 bits per heavy atom. The number of halogens is 1. The molecule has 6 nitrogen and oxygen atoms in total. The van der Waals surface area contributed by atoms with Crippen LogP contribution in [0.4, 0.5) is 10.1 Å². The lowest BCUT2D eigenvalue weighted by molar-refractivity contribution is -0.141. The van der Waals surface area contributed by atoms with Gasteiger partial charge in [0.2, 0.25) is 17.7 Å². The molecule has 0 saturated carbocycles. The SMILES string of the molecule is CC(C)C(=O)N1CCN(C(=O)C(C)SCC(=O)Nc2ccc(F)cc2)CC1. The zero-order valence-electron chi connectivity index (χ0n) is 15.9. The number of hydrogen-bond acceptors (Lipinski definition) is 4. The Hall–Kier alpha value is -2.09. The summed E-state index contributed by atoms with van der Waals surface area (Å²) in [5, 5.41) is 2.33. The topological polar surface area (TPSA) is 69.7 Å². The first kappa shape index (κ1) is 21.2. The van der Waals surface area contributed by atoms with Crippen LogP contribution in [0.2, 0.25) is 0 Å². The molecule has 1 unspecified atom stereocenters. The number of carbonyl (C=O) groups excluding carboxylic acids is 3. The zero-order chi connectivity index (χ0) is 20.0. The maximum Gasteiger partial charge on any atom is 0.235 e. The van der Waals surface area contributed by atoms with E-state index >= 15 is 0 Å². The molecule has 1 fully saturated rings. The highest BCUT2D eigenvalue weighted by atomic mass is 32.2. The maximum atomic E-state index is 12.9. The van der Waals surface area contributed by atoms with Gasteiger partial charge < -0.3 is 15.1 Å². The molecule has 0 spiro atoms. The largest absolute Gasteiger partial charge is 0.339 e. The molecular weight excluding hydrogens is 369 g/mol. The van der Waals surface area contributed by atoms with E-state index in [9.17, 15) is 18.8 Å². The molecule has 1 saturated heterocycles. The summed E-state index contributed by atoms with van der Waals surface area (Å²) in [6, 6.07) is 5.53. The van der Waals surface area contributed by atoms with Crippen LogP contribution in [0.25, 0.3) is 0 Å². The molecule has 3 amide bonds. The molecule has 0 bridgehead atoms. The van der Waals surface area contributed by atoms with E-state index in [0.717, 1.165) is 0 Å². The lowest BCUT2D eigenvalue weighted by Crippen LogP contribution is -2.53. The number of thioether (sulfide) groups is 1. The summed E-state index contributed by atoms with van der Waals surface area (Å²) in [5.74, 6) is -0.416. The second-order valence-corrected chi connectivity index (χ2v) is 8.14. The molecule has 148 valence electrons. The minimum Gasteiger partial charge on any atom is -0.339 e.